The van der Waals surface area contributed by atoms with E-state index in [1.54, 1.807) is 25.3 Å². The highest BCUT2D eigenvalue weighted by Crippen LogP contribution is 2.30. The molecule has 0 aliphatic rings. The first-order chi connectivity index (χ1) is 8.10. The molecule has 6 heteroatoms. The van der Waals surface area contributed by atoms with Crippen molar-refractivity contribution in [2.75, 3.05) is 18.6 Å². The molecule has 0 atom stereocenters. The molecule has 1 heterocycles. The standard InChI is InChI=1S/C11H11ClN4O/c1-17-9-4-6(2-3-7(9)12)8-5-10(13)16-11(14)15-8/h2-5H,1H3,(H4,13,14,15,16). The topological polar surface area (TPSA) is 87.0 Å². The lowest BCUT2D eigenvalue weighted by molar-refractivity contribution is 0.415. The zero-order valence-electron chi connectivity index (χ0n) is 9.14. The third-order valence-electron chi connectivity index (χ3n) is 2.21. The highest BCUT2D eigenvalue weighted by Gasteiger charge is 2.07. The van der Waals surface area contributed by atoms with Gasteiger partial charge in [0.1, 0.15) is 11.6 Å². The van der Waals surface area contributed by atoms with E-state index < -0.39 is 0 Å². The molecule has 0 bridgehead atoms. The Labute approximate surface area is 103 Å². The molecule has 0 unspecified atom stereocenters. The van der Waals surface area contributed by atoms with Crippen molar-refractivity contribution < 1.29 is 4.74 Å². The second kappa shape index (κ2) is 4.47. The fourth-order valence-electron chi connectivity index (χ4n) is 1.45. The molecule has 17 heavy (non-hydrogen) atoms. The Morgan fingerprint density at radius 1 is 1.18 bits per heavy atom. The molecule has 2 rings (SSSR count). The minimum atomic E-state index is 0.133. The van der Waals surface area contributed by atoms with Crippen LogP contribution in [0.2, 0.25) is 5.02 Å². The fraction of sp³-hybridized carbons (Fsp3) is 0.0909. The number of rotatable bonds is 2. The van der Waals surface area contributed by atoms with Crippen molar-refractivity contribution in [1.29, 1.82) is 0 Å². The molecule has 2 aromatic rings. The van der Waals surface area contributed by atoms with Gasteiger partial charge < -0.3 is 16.2 Å². The maximum Gasteiger partial charge on any atom is 0.222 e. The summed E-state index contributed by atoms with van der Waals surface area (Å²) < 4.78 is 5.13. The van der Waals surface area contributed by atoms with Gasteiger partial charge in [-0.15, -0.1) is 0 Å². The number of benzene rings is 1. The molecule has 0 amide bonds. The first kappa shape index (κ1) is 11.5. The highest BCUT2D eigenvalue weighted by atomic mass is 35.5. The molecule has 0 fully saturated rings. The summed E-state index contributed by atoms with van der Waals surface area (Å²) in [4.78, 5) is 7.90. The van der Waals surface area contributed by atoms with Crippen LogP contribution < -0.4 is 16.2 Å². The molecule has 0 saturated carbocycles. The summed E-state index contributed by atoms with van der Waals surface area (Å²) in [6, 6.07) is 6.94. The van der Waals surface area contributed by atoms with Gasteiger partial charge in [0.15, 0.2) is 0 Å². The normalized spacial score (nSPS) is 10.2. The van der Waals surface area contributed by atoms with Crippen molar-refractivity contribution >= 4 is 23.4 Å². The van der Waals surface area contributed by atoms with Gasteiger partial charge in [-0.2, -0.15) is 4.98 Å². The summed E-state index contributed by atoms with van der Waals surface area (Å²) in [5.41, 5.74) is 12.6. The van der Waals surface area contributed by atoms with E-state index in [0.29, 0.717) is 22.3 Å². The largest absolute Gasteiger partial charge is 0.495 e. The predicted octanol–water partition coefficient (Wildman–Crippen LogP) is 1.97. The third kappa shape index (κ3) is 2.39. The number of nitrogen functional groups attached to an aromatic ring is 2. The predicted molar refractivity (Wildman–Crippen MR) is 67.9 cm³/mol. The van der Waals surface area contributed by atoms with Crippen molar-refractivity contribution in [3.8, 4) is 17.0 Å². The summed E-state index contributed by atoms with van der Waals surface area (Å²) in [6.07, 6.45) is 0. The molecule has 5 nitrogen and oxygen atoms in total. The third-order valence-corrected chi connectivity index (χ3v) is 2.52. The van der Waals surface area contributed by atoms with E-state index in [9.17, 15) is 0 Å². The van der Waals surface area contributed by atoms with Crippen molar-refractivity contribution in [2.45, 2.75) is 0 Å². The molecular weight excluding hydrogens is 240 g/mol. The van der Waals surface area contributed by atoms with E-state index in [-0.39, 0.29) is 5.95 Å². The maximum absolute atomic E-state index is 5.94. The summed E-state index contributed by atoms with van der Waals surface area (Å²) in [5.74, 6) is 1.02. The van der Waals surface area contributed by atoms with E-state index in [0.717, 1.165) is 5.56 Å². The second-order valence-electron chi connectivity index (χ2n) is 3.39. The van der Waals surface area contributed by atoms with Gasteiger partial charge >= 0.3 is 0 Å². The molecule has 1 aromatic carbocycles. The monoisotopic (exact) mass is 250 g/mol. The molecule has 1 aromatic heterocycles. The number of ether oxygens (including phenoxy) is 1. The quantitative estimate of drug-likeness (QED) is 0.851. The number of methoxy groups -OCH3 is 1. The first-order valence-corrected chi connectivity index (χ1v) is 5.22. The van der Waals surface area contributed by atoms with Crippen LogP contribution in [0.1, 0.15) is 0 Å². The molecule has 0 aliphatic carbocycles. The van der Waals surface area contributed by atoms with Gasteiger partial charge in [0.2, 0.25) is 5.95 Å². The van der Waals surface area contributed by atoms with Crippen LogP contribution >= 0.6 is 11.6 Å². The van der Waals surface area contributed by atoms with Crippen molar-refractivity contribution in [2.24, 2.45) is 0 Å². The van der Waals surface area contributed by atoms with E-state index in [1.807, 2.05) is 6.07 Å². The number of hydrogen-bond donors (Lipinski definition) is 2. The summed E-state index contributed by atoms with van der Waals surface area (Å²) in [6.45, 7) is 0. The van der Waals surface area contributed by atoms with Gasteiger partial charge in [0.05, 0.1) is 17.8 Å². The van der Waals surface area contributed by atoms with Crippen molar-refractivity contribution in [3.63, 3.8) is 0 Å². The van der Waals surface area contributed by atoms with Gasteiger partial charge in [-0.3, -0.25) is 0 Å². The van der Waals surface area contributed by atoms with Gasteiger partial charge in [0.25, 0.3) is 0 Å². The zero-order valence-corrected chi connectivity index (χ0v) is 9.90. The minimum absolute atomic E-state index is 0.133. The Morgan fingerprint density at radius 3 is 2.59 bits per heavy atom. The first-order valence-electron chi connectivity index (χ1n) is 4.84. The highest BCUT2D eigenvalue weighted by molar-refractivity contribution is 6.32. The number of anilines is 2. The molecule has 0 spiro atoms. The zero-order chi connectivity index (χ0) is 12.4. The number of halogens is 1. The van der Waals surface area contributed by atoms with Crippen LogP contribution in [0.3, 0.4) is 0 Å². The van der Waals surface area contributed by atoms with Gasteiger partial charge in [-0.05, 0) is 12.1 Å². The Kier molecular flexibility index (Phi) is 3.01. The average molecular weight is 251 g/mol. The summed E-state index contributed by atoms with van der Waals surface area (Å²) in [5, 5.41) is 0.534. The molecule has 4 N–H and O–H groups in total. The van der Waals surface area contributed by atoms with Crippen LogP contribution in [0.5, 0.6) is 5.75 Å². The molecule has 0 aliphatic heterocycles. The summed E-state index contributed by atoms with van der Waals surface area (Å²) in [7, 11) is 1.55. The van der Waals surface area contributed by atoms with Crippen LogP contribution in [0.15, 0.2) is 24.3 Å². The van der Waals surface area contributed by atoms with Crippen LogP contribution in [-0.4, -0.2) is 17.1 Å². The SMILES string of the molecule is COc1cc(-c2cc(N)nc(N)n2)ccc1Cl. The Hall–Kier alpha value is -2.01. The van der Waals surface area contributed by atoms with Crippen molar-refractivity contribution in [3.05, 3.63) is 29.3 Å². The van der Waals surface area contributed by atoms with Gasteiger partial charge in [-0.25, -0.2) is 4.98 Å². The van der Waals surface area contributed by atoms with E-state index in [1.165, 1.54) is 0 Å². The van der Waals surface area contributed by atoms with Crippen molar-refractivity contribution in [1.82, 2.24) is 9.97 Å². The Bertz CT molecular complexity index is 539. The Balaban J connectivity index is 2.52. The molecular formula is C11H11ClN4O. The van der Waals surface area contributed by atoms with Crippen LogP contribution in [0, 0.1) is 0 Å². The smallest absolute Gasteiger partial charge is 0.222 e. The Morgan fingerprint density at radius 2 is 1.94 bits per heavy atom. The number of hydrogen-bond acceptors (Lipinski definition) is 5. The average Bonchev–Trinajstić information content (AvgIpc) is 2.28. The lowest BCUT2D eigenvalue weighted by Gasteiger charge is -2.07. The number of aromatic nitrogens is 2. The second-order valence-corrected chi connectivity index (χ2v) is 3.79. The lowest BCUT2D eigenvalue weighted by atomic mass is 10.1. The molecule has 0 radical (unpaired) electrons. The maximum atomic E-state index is 5.94. The lowest BCUT2D eigenvalue weighted by Crippen LogP contribution is -2.00. The van der Waals surface area contributed by atoms with Crippen LogP contribution in [0.4, 0.5) is 11.8 Å². The number of nitrogens with zero attached hydrogens (tertiary/aromatic N) is 2. The summed E-state index contributed by atoms with van der Waals surface area (Å²) >= 11 is 5.94. The van der Waals surface area contributed by atoms with E-state index in [4.69, 9.17) is 27.8 Å². The van der Waals surface area contributed by atoms with Crippen LogP contribution in [0.25, 0.3) is 11.3 Å². The minimum Gasteiger partial charge on any atom is -0.495 e. The van der Waals surface area contributed by atoms with Gasteiger partial charge in [-0.1, -0.05) is 17.7 Å². The van der Waals surface area contributed by atoms with E-state index in [2.05, 4.69) is 9.97 Å². The molecule has 0 saturated heterocycles. The van der Waals surface area contributed by atoms with Gasteiger partial charge in [0, 0.05) is 11.6 Å². The number of nitrogens with two attached hydrogens (primary N) is 2. The fourth-order valence-corrected chi connectivity index (χ4v) is 1.65. The van der Waals surface area contributed by atoms with E-state index >= 15 is 0 Å². The molecule has 88 valence electrons. The van der Waals surface area contributed by atoms with Crippen LogP contribution in [-0.2, 0) is 0 Å².